The lowest BCUT2D eigenvalue weighted by molar-refractivity contribution is 0.202. The number of nitrogen functional groups attached to an aromatic ring is 1. The van der Waals surface area contributed by atoms with Crippen LogP contribution in [0.2, 0.25) is 0 Å². The van der Waals surface area contributed by atoms with Crippen molar-refractivity contribution in [2.24, 2.45) is 5.92 Å². The Hall–Kier alpha value is -1.53. The van der Waals surface area contributed by atoms with Gasteiger partial charge < -0.3 is 10.7 Å². The van der Waals surface area contributed by atoms with Crippen LogP contribution in [0.25, 0.3) is 10.9 Å². The average Bonchev–Trinajstić information content (AvgIpc) is 2.85. The van der Waals surface area contributed by atoms with E-state index < -0.39 is 10.0 Å². The molecule has 0 spiro atoms. The highest BCUT2D eigenvalue weighted by Gasteiger charge is 2.35. The summed E-state index contributed by atoms with van der Waals surface area (Å²) in [5, 5.41) is 0.703. The number of aromatic amines is 1. The minimum atomic E-state index is -3.48. The molecule has 2 aromatic rings. The molecule has 1 aromatic carbocycles. The number of anilines is 1. The largest absolute Gasteiger partial charge is 0.399 e. The molecule has 2 unspecified atom stereocenters. The molecular formula is C15H21N3O2S. The second-order valence-corrected chi connectivity index (χ2v) is 7.79. The van der Waals surface area contributed by atoms with Crippen molar-refractivity contribution in [2.45, 2.75) is 37.6 Å². The van der Waals surface area contributed by atoms with Crippen LogP contribution in [0.4, 0.5) is 5.69 Å². The SMILES string of the molecule is CC1CCCN(S(=O)(=O)c2c[nH]c3cc(N)ccc23)C1C. The van der Waals surface area contributed by atoms with Crippen LogP contribution in [0.5, 0.6) is 0 Å². The predicted molar refractivity (Wildman–Crippen MR) is 84.5 cm³/mol. The average molecular weight is 307 g/mol. The highest BCUT2D eigenvalue weighted by molar-refractivity contribution is 7.89. The van der Waals surface area contributed by atoms with E-state index in [1.165, 1.54) is 0 Å². The van der Waals surface area contributed by atoms with Gasteiger partial charge in [-0.15, -0.1) is 0 Å². The summed E-state index contributed by atoms with van der Waals surface area (Å²) in [6.45, 7) is 4.70. The van der Waals surface area contributed by atoms with Crippen LogP contribution < -0.4 is 5.73 Å². The summed E-state index contributed by atoms with van der Waals surface area (Å²) >= 11 is 0. The Kier molecular flexibility index (Phi) is 3.45. The first-order valence-corrected chi connectivity index (χ1v) is 8.73. The second kappa shape index (κ2) is 5.03. The van der Waals surface area contributed by atoms with E-state index in [1.807, 2.05) is 6.92 Å². The number of nitrogens with zero attached hydrogens (tertiary/aromatic N) is 1. The Morgan fingerprint density at radius 3 is 2.86 bits per heavy atom. The normalized spacial score (nSPS) is 24.5. The van der Waals surface area contributed by atoms with Gasteiger partial charge in [0.15, 0.2) is 0 Å². The number of piperidine rings is 1. The number of nitrogens with one attached hydrogen (secondary N) is 1. The van der Waals surface area contributed by atoms with Crippen molar-refractivity contribution in [3.63, 3.8) is 0 Å². The number of benzene rings is 1. The van der Waals surface area contributed by atoms with Crippen molar-refractivity contribution >= 4 is 26.6 Å². The molecule has 114 valence electrons. The van der Waals surface area contributed by atoms with Gasteiger partial charge in [0.1, 0.15) is 4.90 Å². The Morgan fingerprint density at radius 2 is 2.10 bits per heavy atom. The third-order valence-corrected chi connectivity index (χ3v) is 6.60. The third-order valence-electron chi connectivity index (χ3n) is 4.57. The van der Waals surface area contributed by atoms with Crippen LogP contribution in [0, 0.1) is 5.92 Å². The molecular weight excluding hydrogens is 286 g/mol. The third kappa shape index (κ3) is 2.32. The number of fused-ring (bicyclic) bond motifs is 1. The first kappa shape index (κ1) is 14.4. The summed E-state index contributed by atoms with van der Waals surface area (Å²) in [7, 11) is -3.48. The maximum atomic E-state index is 13.0. The molecule has 0 bridgehead atoms. The molecule has 1 saturated heterocycles. The van der Waals surface area contributed by atoms with E-state index >= 15 is 0 Å². The van der Waals surface area contributed by atoms with Crippen LogP contribution in [0.15, 0.2) is 29.3 Å². The first-order valence-electron chi connectivity index (χ1n) is 7.29. The van der Waals surface area contributed by atoms with Crippen LogP contribution in [0.1, 0.15) is 26.7 Å². The molecule has 3 N–H and O–H groups in total. The lowest BCUT2D eigenvalue weighted by Crippen LogP contribution is -2.45. The minimum absolute atomic E-state index is 0.0301. The molecule has 1 fully saturated rings. The number of rotatable bonds is 2. The highest BCUT2D eigenvalue weighted by Crippen LogP contribution is 2.32. The van der Waals surface area contributed by atoms with Crippen molar-refractivity contribution < 1.29 is 8.42 Å². The molecule has 2 heterocycles. The van der Waals surface area contributed by atoms with Crippen LogP contribution in [-0.2, 0) is 10.0 Å². The van der Waals surface area contributed by atoms with Crippen LogP contribution in [-0.4, -0.2) is 30.3 Å². The van der Waals surface area contributed by atoms with Gasteiger partial charge in [-0.25, -0.2) is 8.42 Å². The van der Waals surface area contributed by atoms with Crippen molar-refractivity contribution in [1.29, 1.82) is 0 Å². The zero-order valence-corrected chi connectivity index (χ0v) is 13.2. The molecule has 3 rings (SSSR count). The minimum Gasteiger partial charge on any atom is -0.399 e. The molecule has 6 heteroatoms. The number of hydrogen-bond acceptors (Lipinski definition) is 3. The monoisotopic (exact) mass is 307 g/mol. The summed E-state index contributed by atoms with van der Waals surface area (Å²) in [6.07, 6.45) is 3.57. The summed E-state index contributed by atoms with van der Waals surface area (Å²) in [6, 6.07) is 5.29. The van der Waals surface area contributed by atoms with Crippen molar-refractivity contribution in [1.82, 2.24) is 9.29 Å². The molecule has 5 nitrogen and oxygen atoms in total. The van der Waals surface area contributed by atoms with Gasteiger partial charge in [0.2, 0.25) is 10.0 Å². The fourth-order valence-electron chi connectivity index (χ4n) is 3.09. The Bertz CT molecular complexity index is 766. The van der Waals surface area contributed by atoms with Gasteiger partial charge >= 0.3 is 0 Å². The Balaban J connectivity index is 2.08. The molecule has 21 heavy (non-hydrogen) atoms. The molecule has 2 atom stereocenters. The first-order chi connectivity index (χ1) is 9.91. The molecule has 0 aliphatic carbocycles. The van der Waals surface area contributed by atoms with Gasteiger partial charge in [0.25, 0.3) is 0 Å². The van der Waals surface area contributed by atoms with Crippen molar-refractivity contribution in [2.75, 3.05) is 12.3 Å². The number of sulfonamides is 1. The van der Waals surface area contributed by atoms with Gasteiger partial charge in [-0.2, -0.15) is 4.31 Å². The fourth-order valence-corrected chi connectivity index (χ4v) is 5.03. The molecule has 0 radical (unpaired) electrons. The number of H-pyrrole nitrogens is 1. The Morgan fingerprint density at radius 1 is 1.33 bits per heavy atom. The fraction of sp³-hybridized carbons (Fsp3) is 0.467. The van der Waals surface area contributed by atoms with E-state index in [0.29, 0.717) is 28.4 Å². The van der Waals surface area contributed by atoms with Gasteiger partial charge in [0, 0.05) is 35.4 Å². The zero-order valence-electron chi connectivity index (χ0n) is 12.3. The number of aromatic nitrogens is 1. The maximum absolute atomic E-state index is 13.0. The lowest BCUT2D eigenvalue weighted by Gasteiger charge is -2.36. The van der Waals surface area contributed by atoms with Gasteiger partial charge in [0.05, 0.1) is 0 Å². The maximum Gasteiger partial charge on any atom is 0.245 e. The second-order valence-electron chi connectivity index (χ2n) is 5.93. The number of hydrogen-bond donors (Lipinski definition) is 2. The zero-order chi connectivity index (χ0) is 15.2. The summed E-state index contributed by atoms with van der Waals surface area (Å²) < 4.78 is 27.6. The Labute approximate surface area is 125 Å². The standard InChI is InChI=1S/C15H21N3O2S/c1-10-4-3-7-18(11(10)2)21(19,20)15-9-17-14-8-12(16)5-6-13(14)15/h5-6,8-11,17H,3-4,7,16H2,1-2H3. The van der Waals surface area contributed by atoms with E-state index in [0.717, 1.165) is 18.4 Å². The summed E-state index contributed by atoms with van der Waals surface area (Å²) in [5.74, 6) is 0.384. The lowest BCUT2D eigenvalue weighted by atomic mass is 9.94. The molecule has 1 aliphatic rings. The van der Waals surface area contributed by atoms with Crippen molar-refractivity contribution in [3.8, 4) is 0 Å². The van der Waals surface area contributed by atoms with Gasteiger partial charge in [-0.1, -0.05) is 6.92 Å². The van der Waals surface area contributed by atoms with E-state index in [-0.39, 0.29) is 6.04 Å². The van der Waals surface area contributed by atoms with Gasteiger partial charge in [-0.05, 0) is 43.9 Å². The van der Waals surface area contributed by atoms with E-state index in [4.69, 9.17) is 5.73 Å². The van der Waals surface area contributed by atoms with Crippen molar-refractivity contribution in [3.05, 3.63) is 24.4 Å². The molecule has 0 amide bonds. The van der Waals surface area contributed by atoms with Gasteiger partial charge in [-0.3, -0.25) is 0 Å². The molecule has 1 aliphatic heterocycles. The van der Waals surface area contributed by atoms with E-state index in [2.05, 4.69) is 11.9 Å². The van der Waals surface area contributed by atoms with E-state index in [9.17, 15) is 8.42 Å². The quantitative estimate of drug-likeness (QED) is 0.837. The molecule has 1 aromatic heterocycles. The predicted octanol–water partition coefficient (Wildman–Crippen LogP) is 2.56. The topological polar surface area (TPSA) is 79.2 Å². The highest BCUT2D eigenvalue weighted by atomic mass is 32.2. The summed E-state index contributed by atoms with van der Waals surface area (Å²) in [5.41, 5.74) is 7.12. The smallest absolute Gasteiger partial charge is 0.245 e. The van der Waals surface area contributed by atoms with E-state index in [1.54, 1.807) is 28.7 Å². The molecule has 0 saturated carbocycles. The van der Waals surface area contributed by atoms with Crippen LogP contribution >= 0.6 is 0 Å². The summed E-state index contributed by atoms with van der Waals surface area (Å²) in [4.78, 5) is 3.36. The van der Waals surface area contributed by atoms with Crippen LogP contribution in [0.3, 0.4) is 0 Å². The number of nitrogens with two attached hydrogens (primary N) is 1.